The van der Waals surface area contributed by atoms with Crippen LogP contribution >= 0.6 is 0 Å². The third kappa shape index (κ3) is 3.06. The van der Waals surface area contributed by atoms with Crippen molar-refractivity contribution in [2.45, 2.75) is 0 Å². The third-order valence-corrected chi connectivity index (χ3v) is 2.89. The molecular formula is C15H10O6. The molecule has 0 aliphatic carbocycles. The number of benzene rings is 2. The molecule has 0 unspecified atom stereocenters. The molecule has 0 aromatic heterocycles. The van der Waals surface area contributed by atoms with Crippen molar-refractivity contribution in [1.82, 2.24) is 0 Å². The van der Waals surface area contributed by atoms with E-state index in [4.69, 9.17) is 15.3 Å². The normalized spacial score (nSPS) is 10.1. The summed E-state index contributed by atoms with van der Waals surface area (Å²) in [7, 11) is 0. The van der Waals surface area contributed by atoms with Gasteiger partial charge in [0, 0.05) is 0 Å². The number of carboxylic acids is 3. The number of rotatable bonds is 4. The van der Waals surface area contributed by atoms with Gasteiger partial charge in [-0.15, -0.1) is 0 Å². The Morgan fingerprint density at radius 2 is 1.00 bits per heavy atom. The summed E-state index contributed by atoms with van der Waals surface area (Å²) in [5, 5.41) is 26.8. The highest BCUT2D eigenvalue weighted by molar-refractivity contribution is 5.96. The van der Waals surface area contributed by atoms with Crippen molar-refractivity contribution >= 4 is 17.9 Å². The van der Waals surface area contributed by atoms with E-state index in [1.807, 2.05) is 0 Å². The Balaban J connectivity index is 2.54. The zero-order chi connectivity index (χ0) is 15.6. The molecule has 0 aliphatic heterocycles. The average Bonchev–Trinajstić information content (AvgIpc) is 2.46. The van der Waals surface area contributed by atoms with Crippen LogP contribution in [0.4, 0.5) is 0 Å². The summed E-state index contributed by atoms with van der Waals surface area (Å²) in [5.41, 5.74) is 0.723. The topological polar surface area (TPSA) is 112 Å². The molecule has 2 aromatic rings. The highest BCUT2D eigenvalue weighted by Crippen LogP contribution is 2.23. The molecule has 0 fully saturated rings. The van der Waals surface area contributed by atoms with Crippen LogP contribution in [0.2, 0.25) is 0 Å². The first-order chi connectivity index (χ1) is 9.88. The lowest BCUT2D eigenvalue weighted by molar-refractivity contribution is 0.0682. The molecule has 0 amide bonds. The van der Waals surface area contributed by atoms with E-state index in [1.54, 1.807) is 0 Å². The number of aromatic carboxylic acids is 3. The van der Waals surface area contributed by atoms with Gasteiger partial charge in [0.25, 0.3) is 0 Å². The van der Waals surface area contributed by atoms with Crippen LogP contribution in [-0.2, 0) is 0 Å². The van der Waals surface area contributed by atoms with Crippen LogP contribution in [0.15, 0.2) is 42.5 Å². The van der Waals surface area contributed by atoms with Crippen molar-refractivity contribution in [1.29, 1.82) is 0 Å². The molecule has 21 heavy (non-hydrogen) atoms. The molecule has 0 spiro atoms. The van der Waals surface area contributed by atoms with E-state index in [2.05, 4.69) is 0 Å². The van der Waals surface area contributed by atoms with Gasteiger partial charge in [0.05, 0.1) is 16.7 Å². The average molecular weight is 286 g/mol. The van der Waals surface area contributed by atoms with E-state index in [1.165, 1.54) is 36.4 Å². The Morgan fingerprint density at radius 3 is 1.38 bits per heavy atom. The molecule has 0 bridgehead atoms. The van der Waals surface area contributed by atoms with Crippen molar-refractivity contribution in [2.75, 3.05) is 0 Å². The van der Waals surface area contributed by atoms with Crippen molar-refractivity contribution in [3.05, 3.63) is 59.2 Å². The number of carbonyl (C=O) groups is 3. The van der Waals surface area contributed by atoms with Gasteiger partial charge in [-0.3, -0.25) is 0 Å². The second-order valence-electron chi connectivity index (χ2n) is 4.29. The van der Waals surface area contributed by atoms with E-state index in [-0.39, 0.29) is 16.7 Å². The van der Waals surface area contributed by atoms with Crippen molar-refractivity contribution in [3.63, 3.8) is 0 Å². The summed E-state index contributed by atoms with van der Waals surface area (Å²) in [6.07, 6.45) is 0. The van der Waals surface area contributed by atoms with Gasteiger partial charge in [-0.05, 0) is 41.5 Å². The Labute approximate surface area is 118 Å². The van der Waals surface area contributed by atoms with Gasteiger partial charge in [0.1, 0.15) is 0 Å². The molecule has 2 rings (SSSR count). The Bertz CT molecular complexity index is 698. The number of carboxylic acid groups (broad SMARTS) is 3. The molecular weight excluding hydrogens is 276 g/mol. The molecule has 0 radical (unpaired) electrons. The van der Waals surface area contributed by atoms with Gasteiger partial charge in [-0.1, -0.05) is 12.1 Å². The van der Waals surface area contributed by atoms with Crippen LogP contribution < -0.4 is 0 Å². The summed E-state index contributed by atoms with van der Waals surface area (Å²) in [4.78, 5) is 32.8. The smallest absolute Gasteiger partial charge is 0.335 e. The van der Waals surface area contributed by atoms with Crippen LogP contribution in [0, 0.1) is 0 Å². The maximum atomic E-state index is 11.0. The zero-order valence-electron chi connectivity index (χ0n) is 10.6. The fourth-order valence-corrected chi connectivity index (χ4v) is 1.85. The predicted octanol–water partition coefficient (Wildman–Crippen LogP) is 2.45. The minimum absolute atomic E-state index is 0.0894. The molecule has 6 heteroatoms. The summed E-state index contributed by atoms with van der Waals surface area (Å²) >= 11 is 0. The SMILES string of the molecule is O=C(O)c1ccc(-c2cc(C(=O)O)cc(C(=O)O)c2)cc1. The Morgan fingerprint density at radius 1 is 0.571 bits per heavy atom. The zero-order valence-corrected chi connectivity index (χ0v) is 10.6. The van der Waals surface area contributed by atoms with Gasteiger partial charge in [-0.2, -0.15) is 0 Å². The standard InChI is InChI=1S/C15H10O6/c16-13(17)9-3-1-8(2-4-9)10-5-11(14(18)19)7-12(6-10)15(20)21/h1-7H,(H,16,17)(H,18,19)(H,20,21). The van der Waals surface area contributed by atoms with Crippen LogP contribution in [0.25, 0.3) is 11.1 Å². The van der Waals surface area contributed by atoms with Gasteiger partial charge < -0.3 is 15.3 Å². The van der Waals surface area contributed by atoms with Crippen LogP contribution in [0.3, 0.4) is 0 Å². The first-order valence-electron chi connectivity index (χ1n) is 5.84. The minimum atomic E-state index is -1.23. The van der Waals surface area contributed by atoms with Crippen LogP contribution in [-0.4, -0.2) is 33.2 Å². The fourth-order valence-electron chi connectivity index (χ4n) is 1.85. The van der Waals surface area contributed by atoms with E-state index in [9.17, 15) is 14.4 Å². The first-order valence-corrected chi connectivity index (χ1v) is 5.84. The van der Waals surface area contributed by atoms with Gasteiger partial charge >= 0.3 is 17.9 Å². The summed E-state index contributed by atoms with van der Waals surface area (Å²) in [6, 6.07) is 9.47. The van der Waals surface area contributed by atoms with Crippen molar-refractivity contribution in [3.8, 4) is 11.1 Å². The molecule has 3 N–H and O–H groups in total. The van der Waals surface area contributed by atoms with Gasteiger partial charge in [0.15, 0.2) is 0 Å². The van der Waals surface area contributed by atoms with Gasteiger partial charge in [-0.25, -0.2) is 14.4 Å². The monoisotopic (exact) mass is 286 g/mol. The van der Waals surface area contributed by atoms with Crippen LogP contribution in [0.1, 0.15) is 31.1 Å². The minimum Gasteiger partial charge on any atom is -0.478 e. The predicted molar refractivity (Wildman–Crippen MR) is 72.8 cm³/mol. The lowest BCUT2D eigenvalue weighted by Gasteiger charge is -2.06. The lowest BCUT2D eigenvalue weighted by Crippen LogP contribution is -2.03. The summed E-state index contributed by atoms with van der Waals surface area (Å²) in [5.74, 6) is -3.55. The maximum Gasteiger partial charge on any atom is 0.335 e. The highest BCUT2D eigenvalue weighted by Gasteiger charge is 2.12. The van der Waals surface area contributed by atoms with E-state index in [0.29, 0.717) is 11.1 Å². The molecule has 0 atom stereocenters. The second-order valence-corrected chi connectivity index (χ2v) is 4.29. The van der Waals surface area contributed by atoms with E-state index < -0.39 is 17.9 Å². The molecule has 106 valence electrons. The largest absolute Gasteiger partial charge is 0.478 e. The second kappa shape index (κ2) is 5.46. The van der Waals surface area contributed by atoms with Crippen LogP contribution in [0.5, 0.6) is 0 Å². The maximum absolute atomic E-state index is 11.0. The number of hydrogen-bond donors (Lipinski definition) is 3. The first kappa shape index (κ1) is 14.3. The summed E-state index contributed by atoms with van der Waals surface area (Å²) < 4.78 is 0. The lowest BCUT2D eigenvalue weighted by atomic mass is 9.99. The molecule has 0 saturated carbocycles. The third-order valence-electron chi connectivity index (χ3n) is 2.89. The molecule has 6 nitrogen and oxygen atoms in total. The Hall–Kier alpha value is -3.15. The summed E-state index contributed by atoms with van der Waals surface area (Å²) in [6.45, 7) is 0. The van der Waals surface area contributed by atoms with Gasteiger partial charge in [0.2, 0.25) is 0 Å². The molecule has 0 aliphatic rings. The van der Waals surface area contributed by atoms with E-state index in [0.717, 1.165) is 6.07 Å². The van der Waals surface area contributed by atoms with Crippen molar-refractivity contribution < 1.29 is 29.7 Å². The van der Waals surface area contributed by atoms with E-state index >= 15 is 0 Å². The molecule has 0 saturated heterocycles. The molecule has 2 aromatic carbocycles. The van der Waals surface area contributed by atoms with Crippen molar-refractivity contribution in [2.24, 2.45) is 0 Å². The Kier molecular flexibility index (Phi) is 3.71. The fraction of sp³-hybridized carbons (Fsp3) is 0. The quantitative estimate of drug-likeness (QED) is 0.795. The highest BCUT2D eigenvalue weighted by atomic mass is 16.4. The molecule has 0 heterocycles. The number of hydrogen-bond acceptors (Lipinski definition) is 3.